The van der Waals surface area contributed by atoms with Crippen LogP contribution in [0.2, 0.25) is 0 Å². The second-order valence-corrected chi connectivity index (χ2v) is 9.73. The molecule has 0 aromatic rings. The molecule has 27 heavy (non-hydrogen) atoms. The normalized spacial score (nSPS) is 49.2. The van der Waals surface area contributed by atoms with E-state index in [0.717, 1.165) is 24.0 Å². The van der Waals surface area contributed by atoms with Gasteiger partial charge in [0.1, 0.15) is 18.0 Å². The molecule has 0 aromatic heterocycles. The molecule has 150 valence electrons. The van der Waals surface area contributed by atoms with E-state index in [1.54, 1.807) is 0 Å². The van der Waals surface area contributed by atoms with Crippen molar-refractivity contribution in [1.82, 2.24) is 0 Å². The minimum Gasteiger partial charge on any atom is -0.393 e. The molecule has 0 bridgehead atoms. The molecule has 4 aliphatic carbocycles. The van der Waals surface area contributed by atoms with Crippen molar-refractivity contribution in [1.29, 1.82) is 0 Å². The topological polar surface area (TPSA) is 77.8 Å². The zero-order chi connectivity index (χ0) is 19.8. The van der Waals surface area contributed by atoms with Crippen LogP contribution in [0.15, 0.2) is 23.0 Å². The van der Waals surface area contributed by atoms with Crippen LogP contribution < -0.4 is 0 Å². The van der Waals surface area contributed by atoms with E-state index in [2.05, 4.69) is 6.08 Å². The number of aliphatic hydroxyl groups excluding tert-OH is 2. The van der Waals surface area contributed by atoms with E-state index in [1.165, 1.54) is 0 Å². The molecular formula is C22H31FO4. The van der Waals surface area contributed by atoms with Crippen molar-refractivity contribution in [3.05, 3.63) is 23.0 Å². The molecule has 3 fully saturated rings. The molecule has 0 heterocycles. The third kappa shape index (κ3) is 2.22. The number of carbonyl (C=O) groups excluding carboxylic acids is 1. The van der Waals surface area contributed by atoms with Gasteiger partial charge in [0.2, 0.25) is 0 Å². The number of aliphatic hydroxyl groups is 3. The smallest absolute Gasteiger partial charge is 0.190 e. The summed E-state index contributed by atoms with van der Waals surface area (Å²) < 4.78 is 15.4. The summed E-state index contributed by atoms with van der Waals surface area (Å²) in [6, 6.07) is 0. The lowest BCUT2D eigenvalue weighted by Gasteiger charge is -2.60. The van der Waals surface area contributed by atoms with Crippen LogP contribution in [0.3, 0.4) is 0 Å². The number of carbonyl (C=O) groups is 1. The molecule has 0 spiro atoms. The zero-order valence-corrected chi connectivity index (χ0v) is 16.5. The van der Waals surface area contributed by atoms with Gasteiger partial charge in [-0.3, -0.25) is 4.79 Å². The number of rotatable bonds is 2. The Morgan fingerprint density at radius 3 is 2.70 bits per heavy atom. The highest BCUT2D eigenvalue weighted by molar-refractivity contribution is 5.89. The van der Waals surface area contributed by atoms with Crippen LogP contribution in [-0.4, -0.2) is 39.4 Å². The van der Waals surface area contributed by atoms with Gasteiger partial charge in [0.15, 0.2) is 5.78 Å². The number of hydrogen-bond acceptors (Lipinski definition) is 4. The van der Waals surface area contributed by atoms with Crippen LogP contribution in [0.5, 0.6) is 0 Å². The van der Waals surface area contributed by atoms with Crippen molar-refractivity contribution >= 4 is 5.78 Å². The Kier molecular flexibility index (Phi) is 4.27. The minimum atomic E-state index is -1.60. The summed E-state index contributed by atoms with van der Waals surface area (Å²) in [6.45, 7) is 4.94. The average molecular weight is 378 g/mol. The van der Waals surface area contributed by atoms with E-state index >= 15 is 4.39 Å². The lowest BCUT2D eigenvalue weighted by Crippen LogP contribution is -2.62. The van der Waals surface area contributed by atoms with Crippen LogP contribution >= 0.6 is 0 Å². The van der Waals surface area contributed by atoms with Crippen molar-refractivity contribution in [3.63, 3.8) is 0 Å². The maximum absolute atomic E-state index is 15.4. The van der Waals surface area contributed by atoms with Gasteiger partial charge in [-0.1, -0.05) is 18.6 Å². The zero-order valence-electron chi connectivity index (χ0n) is 16.5. The molecular weight excluding hydrogens is 347 g/mol. The molecule has 0 radical (unpaired) electrons. The Balaban J connectivity index is 1.78. The lowest BCUT2D eigenvalue weighted by molar-refractivity contribution is -0.180. The average Bonchev–Trinajstić information content (AvgIpc) is 2.90. The van der Waals surface area contributed by atoms with Crippen molar-refractivity contribution in [2.45, 2.75) is 71.0 Å². The van der Waals surface area contributed by atoms with Crippen molar-refractivity contribution in [2.75, 3.05) is 6.61 Å². The van der Waals surface area contributed by atoms with E-state index in [4.69, 9.17) is 0 Å². The fourth-order valence-electron chi connectivity index (χ4n) is 7.37. The van der Waals surface area contributed by atoms with Crippen molar-refractivity contribution in [2.24, 2.45) is 28.6 Å². The monoisotopic (exact) mass is 378 g/mol. The predicted molar refractivity (Wildman–Crippen MR) is 99.3 cm³/mol. The molecule has 0 aliphatic heterocycles. The second kappa shape index (κ2) is 5.98. The number of Topliss-reactive ketones (excluding diaryl/α,β-unsaturated/α-hetero) is 1. The first-order valence-corrected chi connectivity index (χ1v) is 10.2. The summed E-state index contributed by atoms with van der Waals surface area (Å²) in [7, 11) is 0. The van der Waals surface area contributed by atoms with Gasteiger partial charge < -0.3 is 15.3 Å². The summed E-state index contributed by atoms with van der Waals surface area (Å²) in [4.78, 5) is 12.4. The summed E-state index contributed by atoms with van der Waals surface area (Å²) in [5.41, 5.74) is -1.34. The molecule has 4 rings (SSSR count). The number of fused-ring (bicyclic) bond motifs is 5. The molecule has 0 aromatic carbocycles. The molecule has 3 N–H and O–H groups in total. The van der Waals surface area contributed by atoms with E-state index in [9.17, 15) is 20.1 Å². The van der Waals surface area contributed by atoms with Crippen molar-refractivity contribution in [3.8, 4) is 0 Å². The molecule has 0 amide bonds. The first-order valence-electron chi connectivity index (χ1n) is 10.2. The molecule has 7 atom stereocenters. The number of allylic oxidation sites excluding steroid dienone is 4. The van der Waals surface area contributed by atoms with Gasteiger partial charge in [0, 0.05) is 16.7 Å². The quantitative estimate of drug-likeness (QED) is 0.646. The number of halogens is 1. The SMILES string of the molecule is CC1=C(F)[C@@]2(C)C(=CC1)CC[C@@H]1[C@@H]2[C@@H](O)C[C@@]2(C)[C@H]1CC[C@]2(O)C(=O)CO. The maximum atomic E-state index is 15.4. The second-order valence-electron chi connectivity index (χ2n) is 9.73. The third-order valence-corrected chi connectivity index (χ3v) is 8.78. The molecule has 3 saturated carbocycles. The first-order chi connectivity index (χ1) is 12.6. The Hall–Kier alpha value is -1.04. The summed E-state index contributed by atoms with van der Waals surface area (Å²) in [6.07, 6.45) is 4.86. The first kappa shape index (κ1) is 19.3. The number of hydrogen-bond donors (Lipinski definition) is 3. The Bertz CT molecular complexity index is 743. The van der Waals surface area contributed by atoms with Gasteiger partial charge in [-0.05, 0) is 69.8 Å². The van der Waals surface area contributed by atoms with Gasteiger partial charge in [-0.15, -0.1) is 0 Å². The van der Waals surface area contributed by atoms with Gasteiger partial charge in [-0.25, -0.2) is 4.39 Å². The van der Waals surface area contributed by atoms with Crippen LogP contribution in [0, 0.1) is 28.6 Å². The van der Waals surface area contributed by atoms with E-state index in [0.29, 0.717) is 19.3 Å². The molecule has 0 unspecified atom stereocenters. The summed E-state index contributed by atoms with van der Waals surface area (Å²) in [5.74, 6) is -0.798. The van der Waals surface area contributed by atoms with Gasteiger partial charge >= 0.3 is 0 Å². The highest BCUT2D eigenvalue weighted by Gasteiger charge is 2.68. The fourth-order valence-corrected chi connectivity index (χ4v) is 7.37. The van der Waals surface area contributed by atoms with Gasteiger partial charge in [0.25, 0.3) is 0 Å². The molecule has 5 heteroatoms. The van der Waals surface area contributed by atoms with Crippen LogP contribution in [0.1, 0.15) is 59.3 Å². The highest BCUT2D eigenvalue weighted by atomic mass is 19.1. The molecule has 4 aliphatic rings. The third-order valence-electron chi connectivity index (χ3n) is 8.78. The maximum Gasteiger partial charge on any atom is 0.190 e. The molecule has 4 nitrogen and oxygen atoms in total. The highest BCUT2D eigenvalue weighted by Crippen LogP contribution is 2.68. The van der Waals surface area contributed by atoms with Crippen LogP contribution in [-0.2, 0) is 4.79 Å². The number of ketones is 1. The predicted octanol–water partition coefficient (Wildman–Crippen LogP) is 3.07. The van der Waals surface area contributed by atoms with E-state index in [1.807, 2.05) is 20.8 Å². The van der Waals surface area contributed by atoms with Crippen LogP contribution in [0.25, 0.3) is 0 Å². The molecule has 0 saturated heterocycles. The Morgan fingerprint density at radius 1 is 1.33 bits per heavy atom. The van der Waals surface area contributed by atoms with Crippen molar-refractivity contribution < 1.29 is 24.5 Å². The van der Waals surface area contributed by atoms with Gasteiger partial charge in [0.05, 0.1) is 6.10 Å². The lowest BCUT2D eigenvalue weighted by atomic mass is 9.45. The fraction of sp³-hybridized carbons (Fsp3) is 0.773. The standard InChI is InChI=1S/C22H31FO4/c1-12-4-5-13-6-7-14-15-8-9-22(27,17(26)11-24)20(15,2)10-16(25)18(14)21(13,3)19(12)23/h5,14-16,18,24-25,27H,4,6-11H2,1-3H3/t14-,15-,16-,18+,20-,21-,22-/m0/s1. The summed E-state index contributed by atoms with van der Waals surface area (Å²) in [5, 5.41) is 31.8. The van der Waals surface area contributed by atoms with Crippen LogP contribution in [0.4, 0.5) is 4.39 Å². The Labute approximate surface area is 160 Å². The summed E-state index contributed by atoms with van der Waals surface area (Å²) >= 11 is 0. The minimum absolute atomic E-state index is 0.0415. The largest absolute Gasteiger partial charge is 0.393 e. The van der Waals surface area contributed by atoms with E-state index < -0.39 is 34.9 Å². The van der Waals surface area contributed by atoms with E-state index in [-0.39, 0.29) is 30.0 Å². The Morgan fingerprint density at radius 2 is 2.04 bits per heavy atom. The van der Waals surface area contributed by atoms with Gasteiger partial charge in [-0.2, -0.15) is 0 Å².